The summed E-state index contributed by atoms with van der Waals surface area (Å²) in [5, 5.41) is 3.23. The first kappa shape index (κ1) is 22.6. The highest BCUT2D eigenvalue weighted by molar-refractivity contribution is 5.75. The lowest BCUT2D eigenvalue weighted by atomic mass is 9.96. The van der Waals surface area contributed by atoms with Gasteiger partial charge in [0, 0.05) is 62.3 Å². The number of carbonyl (C=O) groups is 1. The molecule has 4 heterocycles. The number of methoxy groups -OCH3 is 1. The van der Waals surface area contributed by atoms with Crippen LogP contribution in [0.1, 0.15) is 36.4 Å². The molecule has 3 N–H and O–H groups in total. The summed E-state index contributed by atoms with van der Waals surface area (Å²) >= 11 is 0. The quantitative estimate of drug-likeness (QED) is 0.629. The van der Waals surface area contributed by atoms with Crippen LogP contribution in [-0.2, 0) is 6.54 Å². The number of benzene rings is 1. The van der Waals surface area contributed by atoms with Crippen LogP contribution in [0.2, 0.25) is 0 Å². The van der Waals surface area contributed by atoms with Crippen molar-refractivity contribution >= 4 is 6.03 Å². The summed E-state index contributed by atoms with van der Waals surface area (Å²) in [5.41, 5.74) is 10.7. The van der Waals surface area contributed by atoms with E-state index in [1.807, 2.05) is 17.0 Å². The summed E-state index contributed by atoms with van der Waals surface area (Å²) in [6, 6.07) is 8.93. The van der Waals surface area contributed by atoms with Gasteiger partial charge in [-0.1, -0.05) is 6.07 Å². The molecule has 180 valence electrons. The molecule has 1 fully saturated rings. The van der Waals surface area contributed by atoms with E-state index in [-0.39, 0.29) is 23.9 Å². The molecular weight excluding hydrogens is 435 g/mol. The fraction of sp³-hybridized carbons (Fsp3) is 0.440. The molecule has 0 aliphatic carbocycles. The van der Waals surface area contributed by atoms with Crippen molar-refractivity contribution in [2.24, 2.45) is 0 Å². The number of aromatic nitrogens is 1. The van der Waals surface area contributed by atoms with Gasteiger partial charge in [0.1, 0.15) is 11.6 Å². The number of hydrogen-bond acceptors (Lipinski definition) is 6. The maximum Gasteiger partial charge on any atom is 0.317 e. The summed E-state index contributed by atoms with van der Waals surface area (Å²) in [4.78, 5) is 21.3. The standard InChI is InChI=1S/C25H31FN6O2/c1-34-23-6-2-5-21(26)19(23)15-31-12-3-4-18(14-31)28-25(33)32-13-9-22-20(16-32)24(30-29-22)17-7-10-27-11-8-17/h2,5-8,10-11,18,24,29-30H,3-4,9,12-16H2,1H3,(H,28,33)/t18-,24?/m1/s1. The van der Waals surface area contributed by atoms with Gasteiger partial charge in [0.25, 0.3) is 0 Å². The van der Waals surface area contributed by atoms with E-state index in [2.05, 4.69) is 26.1 Å². The predicted octanol–water partition coefficient (Wildman–Crippen LogP) is 2.71. The first-order chi connectivity index (χ1) is 16.6. The Morgan fingerprint density at radius 1 is 1.26 bits per heavy atom. The zero-order valence-electron chi connectivity index (χ0n) is 19.4. The Bertz CT molecular complexity index is 1060. The molecule has 34 heavy (non-hydrogen) atoms. The minimum atomic E-state index is -0.259. The van der Waals surface area contributed by atoms with Crippen molar-refractivity contribution in [3.8, 4) is 5.75 Å². The number of carbonyl (C=O) groups excluding carboxylic acids is 1. The van der Waals surface area contributed by atoms with E-state index in [9.17, 15) is 9.18 Å². The van der Waals surface area contributed by atoms with Gasteiger partial charge in [-0.2, -0.15) is 0 Å². The highest BCUT2D eigenvalue weighted by Gasteiger charge is 2.33. The van der Waals surface area contributed by atoms with E-state index in [0.29, 0.717) is 37.5 Å². The van der Waals surface area contributed by atoms with E-state index in [1.54, 1.807) is 31.6 Å². The molecule has 3 aliphatic heterocycles. The fourth-order valence-electron chi connectivity index (χ4n) is 5.15. The zero-order valence-corrected chi connectivity index (χ0v) is 19.4. The smallest absolute Gasteiger partial charge is 0.317 e. The van der Waals surface area contributed by atoms with E-state index < -0.39 is 0 Å². The van der Waals surface area contributed by atoms with Crippen LogP contribution < -0.4 is 20.9 Å². The Morgan fingerprint density at radius 3 is 2.94 bits per heavy atom. The normalized spacial score (nSPS) is 22.8. The Morgan fingerprint density at radius 2 is 2.12 bits per heavy atom. The Balaban J connectivity index is 1.20. The first-order valence-corrected chi connectivity index (χ1v) is 11.8. The van der Waals surface area contributed by atoms with Crippen molar-refractivity contribution < 1.29 is 13.9 Å². The molecule has 5 rings (SSSR count). The van der Waals surface area contributed by atoms with E-state index in [0.717, 1.165) is 31.4 Å². The third kappa shape index (κ3) is 4.71. The molecule has 2 aromatic rings. The number of piperidine rings is 1. The van der Waals surface area contributed by atoms with Crippen LogP contribution in [0.4, 0.5) is 9.18 Å². The minimum absolute atomic E-state index is 0.0326. The van der Waals surface area contributed by atoms with Crippen molar-refractivity contribution in [3.63, 3.8) is 0 Å². The third-order valence-electron chi connectivity index (χ3n) is 6.93. The average molecular weight is 467 g/mol. The molecular formula is C25H31FN6O2. The second kappa shape index (κ2) is 9.99. The highest BCUT2D eigenvalue weighted by atomic mass is 19.1. The minimum Gasteiger partial charge on any atom is -0.496 e. The summed E-state index contributed by atoms with van der Waals surface area (Å²) in [7, 11) is 1.56. The van der Waals surface area contributed by atoms with Crippen LogP contribution in [0, 0.1) is 5.82 Å². The molecule has 3 aliphatic rings. The Hall–Kier alpha value is -3.17. The van der Waals surface area contributed by atoms with Gasteiger partial charge in [-0.25, -0.2) is 14.6 Å². The van der Waals surface area contributed by atoms with E-state index >= 15 is 0 Å². The van der Waals surface area contributed by atoms with Gasteiger partial charge in [0.15, 0.2) is 0 Å². The monoisotopic (exact) mass is 466 g/mol. The molecule has 0 bridgehead atoms. The predicted molar refractivity (Wildman–Crippen MR) is 126 cm³/mol. The first-order valence-electron chi connectivity index (χ1n) is 11.8. The number of halogens is 1. The lowest BCUT2D eigenvalue weighted by Crippen LogP contribution is -2.52. The van der Waals surface area contributed by atoms with Crippen molar-refractivity contribution in [1.29, 1.82) is 0 Å². The number of hydrogen-bond donors (Lipinski definition) is 3. The van der Waals surface area contributed by atoms with Crippen molar-refractivity contribution in [3.05, 3.63) is 70.9 Å². The summed E-state index contributed by atoms with van der Waals surface area (Å²) in [6.45, 7) is 3.28. The molecule has 8 nitrogen and oxygen atoms in total. The molecule has 2 amide bonds. The maximum absolute atomic E-state index is 14.4. The molecule has 2 atom stereocenters. The largest absolute Gasteiger partial charge is 0.496 e. The van der Waals surface area contributed by atoms with Gasteiger partial charge in [0.2, 0.25) is 0 Å². The van der Waals surface area contributed by atoms with Crippen molar-refractivity contribution in [2.75, 3.05) is 33.3 Å². The molecule has 1 aromatic heterocycles. The van der Waals surface area contributed by atoms with Gasteiger partial charge >= 0.3 is 6.03 Å². The number of ether oxygens (including phenoxy) is 1. The fourth-order valence-corrected chi connectivity index (χ4v) is 5.15. The van der Waals surface area contributed by atoms with Crippen LogP contribution in [0.15, 0.2) is 54.0 Å². The van der Waals surface area contributed by atoms with Crippen molar-refractivity contribution in [1.82, 2.24) is 31.0 Å². The summed E-state index contributed by atoms with van der Waals surface area (Å²) < 4.78 is 19.8. The number of hydrazine groups is 1. The molecule has 0 saturated carbocycles. The van der Waals surface area contributed by atoms with Gasteiger partial charge < -0.3 is 20.4 Å². The maximum atomic E-state index is 14.4. The SMILES string of the molecule is COc1cccc(F)c1CN1CCC[C@@H](NC(=O)N2CCC3=C(C2)C(c2ccncc2)NN3)C1. The van der Waals surface area contributed by atoms with Crippen molar-refractivity contribution in [2.45, 2.75) is 37.9 Å². The van der Waals surface area contributed by atoms with Crippen LogP contribution in [-0.4, -0.2) is 60.1 Å². The van der Waals surface area contributed by atoms with Gasteiger partial charge in [-0.3, -0.25) is 9.88 Å². The van der Waals surface area contributed by atoms with Gasteiger partial charge in [-0.05, 0) is 54.8 Å². The summed E-state index contributed by atoms with van der Waals surface area (Å²) in [5.74, 6) is 0.302. The van der Waals surface area contributed by atoms with Crippen LogP contribution in [0.25, 0.3) is 0 Å². The molecule has 9 heteroatoms. The lowest BCUT2D eigenvalue weighted by molar-refractivity contribution is 0.162. The van der Waals surface area contributed by atoms with Gasteiger partial charge in [-0.15, -0.1) is 0 Å². The van der Waals surface area contributed by atoms with Gasteiger partial charge in [0.05, 0.1) is 13.2 Å². The molecule has 1 unspecified atom stereocenters. The topological polar surface area (TPSA) is 81.8 Å². The number of rotatable bonds is 5. The Kier molecular flexibility index (Phi) is 6.64. The number of pyridine rings is 1. The Labute approximate surface area is 199 Å². The second-order valence-corrected chi connectivity index (χ2v) is 9.10. The molecule has 0 radical (unpaired) electrons. The number of urea groups is 1. The molecule has 1 saturated heterocycles. The van der Waals surface area contributed by atoms with Crippen LogP contribution >= 0.6 is 0 Å². The number of amides is 2. The molecule has 1 aromatic carbocycles. The van der Waals surface area contributed by atoms with Crippen LogP contribution in [0.3, 0.4) is 0 Å². The number of nitrogens with one attached hydrogen (secondary N) is 3. The number of likely N-dealkylation sites (tertiary alicyclic amines) is 1. The zero-order chi connectivity index (χ0) is 23.5. The van der Waals surface area contributed by atoms with E-state index in [4.69, 9.17) is 4.74 Å². The summed E-state index contributed by atoms with van der Waals surface area (Å²) in [6.07, 6.45) is 6.24. The molecule has 0 spiro atoms. The highest BCUT2D eigenvalue weighted by Crippen LogP contribution is 2.32. The number of nitrogens with zero attached hydrogens (tertiary/aromatic N) is 3. The lowest BCUT2D eigenvalue weighted by Gasteiger charge is -2.36. The van der Waals surface area contributed by atoms with Crippen LogP contribution in [0.5, 0.6) is 5.75 Å². The third-order valence-corrected chi connectivity index (χ3v) is 6.93. The average Bonchev–Trinajstić information content (AvgIpc) is 3.29. The second-order valence-electron chi connectivity index (χ2n) is 9.10. The van der Waals surface area contributed by atoms with E-state index in [1.165, 1.54) is 17.3 Å².